The topological polar surface area (TPSA) is 97.8 Å². The van der Waals surface area contributed by atoms with E-state index >= 15 is 0 Å². The lowest BCUT2D eigenvalue weighted by Crippen LogP contribution is -2.48. The second kappa shape index (κ2) is 9.60. The van der Waals surface area contributed by atoms with E-state index in [9.17, 15) is 13.2 Å². The van der Waals surface area contributed by atoms with Gasteiger partial charge in [0.25, 0.3) is 5.91 Å². The van der Waals surface area contributed by atoms with Crippen LogP contribution >= 0.6 is 11.3 Å². The molecule has 1 N–H and O–H groups in total. The van der Waals surface area contributed by atoms with Crippen molar-refractivity contribution in [2.24, 2.45) is 0 Å². The molecule has 1 amide bonds. The Labute approximate surface area is 197 Å². The van der Waals surface area contributed by atoms with E-state index in [0.29, 0.717) is 23.8 Å². The second-order valence-corrected chi connectivity index (χ2v) is 10.6. The van der Waals surface area contributed by atoms with Crippen molar-refractivity contribution < 1.29 is 22.7 Å². The normalized spacial score (nSPS) is 19.2. The van der Waals surface area contributed by atoms with Crippen LogP contribution in [0.5, 0.6) is 5.75 Å². The van der Waals surface area contributed by atoms with Gasteiger partial charge in [0.05, 0.1) is 29.9 Å². The summed E-state index contributed by atoms with van der Waals surface area (Å²) in [5, 5.41) is 5.09. The van der Waals surface area contributed by atoms with E-state index < -0.39 is 10.0 Å². The lowest BCUT2D eigenvalue weighted by Gasteiger charge is -2.34. The van der Waals surface area contributed by atoms with Gasteiger partial charge in [-0.15, -0.1) is 11.3 Å². The molecule has 3 aromatic rings. The number of morpholine rings is 1. The van der Waals surface area contributed by atoms with Gasteiger partial charge < -0.3 is 9.47 Å². The highest BCUT2D eigenvalue weighted by molar-refractivity contribution is 7.89. The van der Waals surface area contributed by atoms with Crippen LogP contribution in [-0.4, -0.2) is 56.0 Å². The fraction of sp³-hybridized carbons (Fsp3) is 0.304. The minimum atomic E-state index is -3.66. The third kappa shape index (κ3) is 5.25. The first-order valence-corrected chi connectivity index (χ1v) is 12.7. The molecule has 2 heterocycles. The van der Waals surface area contributed by atoms with Crippen molar-refractivity contribution in [1.29, 1.82) is 0 Å². The molecular formula is C23H25N3O5S2. The molecule has 0 saturated carbocycles. The summed E-state index contributed by atoms with van der Waals surface area (Å²) in [6.07, 6.45) is -0.343. The van der Waals surface area contributed by atoms with Gasteiger partial charge in [0.1, 0.15) is 5.75 Å². The standard InChI is InChI=1S/C23H25N3O5S2/c1-15-12-26(13-16(2)31-15)33(28,29)20-10-6-18(7-11-20)22(27)25-23-24-21(14-32-23)17-4-8-19(30-3)9-5-17/h4-11,14-16H,12-13H2,1-3H3,(H,24,25,27). The Morgan fingerprint density at radius 2 is 1.73 bits per heavy atom. The van der Waals surface area contributed by atoms with E-state index in [-0.39, 0.29) is 23.0 Å². The molecule has 0 radical (unpaired) electrons. The maximum absolute atomic E-state index is 13.0. The molecule has 2 unspecified atom stereocenters. The second-order valence-electron chi connectivity index (χ2n) is 7.82. The molecule has 33 heavy (non-hydrogen) atoms. The molecule has 10 heteroatoms. The summed E-state index contributed by atoms with van der Waals surface area (Å²) >= 11 is 1.32. The molecule has 8 nitrogen and oxygen atoms in total. The van der Waals surface area contributed by atoms with Gasteiger partial charge in [-0.05, 0) is 62.4 Å². The summed E-state index contributed by atoms with van der Waals surface area (Å²) in [4.78, 5) is 17.3. The lowest BCUT2D eigenvalue weighted by atomic mass is 10.2. The molecule has 2 atom stereocenters. The number of sulfonamides is 1. The molecule has 0 aliphatic carbocycles. The molecule has 0 spiro atoms. The molecule has 1 aliphatic heterocycles. The molecule has 0 bridgehead atoms. The third-order valence-electron chi connectivity index (χ3n) is 5.25. The Hall–Kier alpha value is -2.79. The van der Waals surface area contributed by atoms with Crippen molar-refractivity contribution in [3.63, 3.8) is 0 Å². The monoisotopic (exact) mass is 487 g/mol. The summed E-state index contributed by atoms with van der Waals surface area (Å²) < 4.78 is 38.2. The van der Waals surface area contributed by atoms with Crippen LogP contribution in [-0.2, 0) is 14.8 Å². The highest BCUT2D eigenvalue weighted by Crippen LogP contribution is 2.27. The number of hydrogen-bond donors (Lipinski definition) is 1. The fourth-order valence-corrected chi connectivity index (χ4v) is 5.95. The Bertz CT molecular complexity index is 1210. The summed E-state index contributed by atoms with van der Waals surface area (Å²) in [6, 6.07) is 13.4. The number of carbonyl (C=O) groups is 1. The average Bonchev–Trinajstić information content (AvgIpc) is 3.27. The van der Waals surface area contributed by atoms with Crippen LogP contribution in [0.2, 0.25) is 0 Å². The van der Waals surface area contributed by atoms with Crippen LogP contribution in [0.25, 0.3) is 11.3 Å². The van der Waals surface area contributed by atoms with Crippen molar-refractivity contribution in [1.82, 2.24) is 9.29 Å². The van der Waals surface area contributed by atoms with Crippen LogP contribution in [0, 0.1) is 0 Å². The predicted octanol–water partition coefficient (Wildman–Crippen LogP) is 3.87. The number of rotatable bonds is 6. The Balaban J connectivity index is 1.44. The Kier molecular flexibility index (Phi) is 6.80. The van der Waals surface area contributed by atoms with Gasteiger partial charge >= 0.3 is 0 Å². The number of benzene rings is 2. The van der Waals surface area contributed by atoms with Gasteiger partial charge in [-0.1, -0.05) is 0 Å². The van der Waals surface area contributed by atoms with E-state index in [1.54, 1.807) is 7.11 Å². The molecule has 2 aromatic carbocycles. The van der Waals surface area contributed by atoms with Crippen LogP contribution in [0.1, 0.15) is 24.2 Å². The van der Waals surface area contributed by atoms with Gasteiger partial charge in [-0.2, -0.15) is 4.31 Å². The van der Waals surface area contributed by atoms with Gasteiger partial charge in [0.15, 0.2) is 5.13 Å². The number of amides is 1. The smallest absolute Gasteiger partial charge is 0.257 e. The summed E-state index contributed by atoms with van der Waals surface area (Å²) in [7, 11) is -2.05. The summed E-state index contributed by atoms with van der Waals surface area (Å²) in [5.41, 5.74) is 2.00. The van der Waals surface area contributed by atoms with Crippen molar-refractivity contribution in [3.8, 4) is 17.0 Å². The Morgan fingerprint density at radius 1 is 1.09 bits per heavy atom. The summed E-state index contributed by atoms with van der Waals surface area (Å²) in [5.74, 6) is 0.397. The van der Waals surface area contributed by atoms with E-state index in [2.05, 4.69) is 10.3 Å². The molecule has 1 aromatic heterocycles. The number of methoxy groups -OCH3 is 1. The predicted molar refractivity (Wildman–Crippen MR) is 127 cm³/mol. The van der Waals surface area contributed by atoms with Gasteiger partial charge in [0.2, 0.25) is 10.0 Å². The molecule has 4 rings (SSSR count). The van der Waals surface area contributed by atoms with E-state index in [1.165, 1.54) is 39.9 Å². The minimum absolute atomic E-state index is 0.149. The van der Waals surface area contributed by atoms with Crippen molar-refractivity contribution >= 4 is 32.4 Å². The number of thiazole rings is 1. The minimum Gasteiger partial charge on any atom is -0.497 e. The maximum Gasteiger partial charge on any atom is 0.257 e. The van der Waals surface area contributed by atoms with E-state index in [1.807, 2.05) is 43.5 Å². The summed E-state index contributed by atoms with van der Waals surface area (Å²) in [6.45, 7) is 4.31. The number of anilines is 1. The number of ether oxygens (including phenoxy) is 2. The van der Waals surface area contributed by atoms with Crippen LogP contribution in [0.3, 0.4) is 0 Å². The number of hydrogen-bond acceptors (Lipinski definition) is 7. The molecular weight excluding hydrogens is 462 g/mol. The van der Waals surface area contributed by atoms with E-state index in [0.717, 1.165) is 17.0 Å². The van der Waals surface area contributed by atoms with Gasteiger partial charge in [0, 0.05) is 29.6 Å². The molecule has 174 valence electrons. The first-order valence-electron chi connectivity index (χ1n) is 10.4. The number of nitrogens with zero attached hydrogens (tertiary/aromatic N) is 2. The van der Waals surface area contributed by atoms with Crippen molar-refractivity contribution in [2.45, 2.75) is 31.0 Å². The zero-order valence-corrected chi connectivity index (χ0v) is 20.2. The molecule has 1 fully saturated rings. The van der Waals surface area contributed by atoms with E-state index in [4.69, 9.17) is 9.47 Å². The highest BCUT2D eigenvalue weighted by atomic mass is 32.2. The highest BCUT2D eigenvalue weighted by Gasteiger charge is 2.32. The number of nitrogens with one attached hydrogen (secondary N) is 1. The van der Waals surface area contributed by atoms with Crippen molar-refractivity contribution in [2.75, 3.05) is 25.5 Å². The van der Waals surface area contributed by atoms with Crippen LogP contribution in [0.15, 0.2) is 58.8 Å². The molecule has 1 saturated heterocycles. The third-order valence-corrected chi connectivity index (χ3v) is 7.85. The first-order chi connectivity index (χ1) is 15.8. The number of aromatic nitrogens is 1. The zero-order chi connectivity index (χ0) is 23.6. The number of carbonyl (C=O) groups excluding carboxylic acids is 1. The first kappa shape index (κ1) is 23.4. The van der Waals surface area contributed by atoms with Crippen molar-refractivity contribution in [3.05, 3.63) is 59.5 Å². The average molecular weight is 488 g/mol. The van der Waals surface area contributed by atoms with Gasteiger partial charge in [-0.3, -0.25) is 10.1 Å². The Morgan fingerprint density at radius 3 is 2.33 bits per heavy atom. The SMILES string of the molecule is COc1ccc(-c2csc(NC(=O)c3ccc(S(=O)(=O)N4CC(C)OC(C)C4)cc3)n2)cc1. The van der Waals surface area contributed by atoms with Crippen LogP contribution < -0.4 is 10.1 Å². The van der Waals surface area contributed by atoms with Crippen LogP contribution in [0.4, 0.5) is 5.13 Å². The van der Waals surface area contributed by atoms with Gasteiger partial charge in [-0.25, -0.2) is 13.4 Å². The fourth-order valence-electron chi connectivity index (χ4n) is 3.65. The maximum atomic E-state index is 13.0. The lowest BCUT2D eigenvalue weighted by molar-refractivity contribution is -0.0440. The largest absolute Gasteiger partial charge is 0.497 e. The quantitative estimate of drug-likeness (QED) is 0.567. The zero-order valence-electron chi connectivity index (χ0n) is 18.5. The molecule has 1 aliphatic rings.